The van der Waals surface area contributed by atoms with E-state index in [1.807, 2.05) is 35.2 Å². The summed E-state index contributed by atoms with van der Waals surface area (Å²) in [6.45, 7) is 5.38. The molecular formula is C17H26N2O3S. The molecule has 1 heterocycles. The third-order valence-corrected chi connectivity index (χ3v) is 5.52. The molecular weight excluding hydrogens is 312 g/mol. The second-order valence-electron chi connectivity index (χ2n) is 7.08. The van der Waals surface area contributed by atoms with Gasteiger partial charge in [-0.2, -0.15) is 0 Å². The van der Waals surface area contributed by atoms with Crippen molar-refractivity contribution in [2.45, 2.75) is 38.5 Å². The third kappa shape index (κ3) is 5.32. The maximum atomic E-state index is 12.6. The van der Waals surface area contributed by atoms with Crippen LogP contribution in [0.4, 0.5) is 0 Å². The number of rotatable bonds is 5. The Morgan fingerprint density at radius 2 is 1.78 bits per heavy atom. The Kier molecular flexibility index (Phi) is 5.47. The number of amides is 1. The normalized spacial score (nSPS) is 17.3. The SMILES string of the molecule is CC(C)(CC(=O)N1CCC(CS(N)(=O)=O)CC1)c1ccccc1. The van der Waals surface area contributed by atoms with Gasteiger partial charge in [-0.05, 0) is 29.7 Å². The summed E-state index contributed by atoms with van der Waals surface area (Å²) in [5, 5.41) is 5.10. The van der Waals surface area contributed by atoms with Crippen molar-refractivity contribution in [3.63, 3.8) is 0 Å². The van der Waals surface area contributed by atoms with Crippen LogP contribution in [0.5, 0.6) is 0 Å². The Labute approximate surface area is 138 Å². The lowest BCUT2D eigenvalue weighted by molar-refractivity contribution is -0.133. The molecule has 5 nitrogen and oxygen atoms in total. The van der Waals surface area contributed by atoms with Crippen molar-refractivity contribution in [3.05, 3.63) is 35.9 Å². The van der Waals surface area contributed by atoms with Crippen molar-refractivity contribution in [1.29, 1.82) is 0 Å². The second-order valence-corrected chi connectivity index (χ2v) is 8.74. The van der Waals surface area contributed by atoms with Gasteiger partial charge in [-0.15, -0.1) is 0 Å². The molecule has 1 fully saturated rings. The molecule has 1 amide bonds. The molecule has 0 saturated carbocycles. The van der Waals surface area contributed by atoms with Gasteiger partial charge < -0.3 is 4.90 Å². The van der Waals surface area contributed by atoms with E-state index in [2.05, 4.69) is 13.8 Å². The minimum atomic E-state index is -3.43. The van der Waals surface area contributed by atoms with Gasteiger partial charge in [0.25, 0.3) is 0 Å². The maximum Gasteiger partial charge on any atom is 0.223 e. The average molecular weight is 338 g/mol. The molecule has 23 heavy (non-hydrogen) atoms. The monoisotopic (exact) mass is 338 g/mol. The van der Waals surface area contributed by atoms with Gasteiger partial charge in [0.15, 0.2) is 0 Å². The maximum absolute atomic E-state index is 12.6. The number of carbonyl (C=O) groups is 1. The molecule has 0 aliphatic carbocycles. The Morgan fingerprint density at radius 1 is 1.22 bits per heavy atom. The number of primary sulfonamides is 1. The summed E-state index contributed by atoms with van der Waals surface area (Å²) >= 11 is 0. The lowest BCUT2D eigenvalue weighted by atomic mass is 9.81. The Hall–Kier alpha value is -1.40. The van der Waals surface area contributed by atoms with Crippen molar-refractivity contribution < 1.29 is 13.2 Å². The van der Waals surface area contributed by atoms with Crippen LogP contribution in [0.2, 0.25) is 0 Å². The molecule has 0 atom stereocenters. The fourth-order valence-electron chi connectivity index (χ4n) is 3.16. The molecule has 1 saturated heterocycles. The molecule has 1 aromatic rings. The van der Waals surface area contributed by atoms with Crippen LogP contribution >= 0.6 is 0 Å². The number of nitrogens with two attached hydrogens (primary N) is 1. The van der Waals surface area contributed by atoms with Gasteiger partial charge in [-0.3, -0.25) is 4.79 Å². The van der Waals surface area contributed by atoms with Crippen LogP contribution in [0.3, 0.4) is 0 Å². The van der Waals surface area contributed by atoms with Gasteiger partial charge >= 0.3 is 0 Å². The fraction of sp³-hybridized carbons (Fsp3) is 0.588. The van der Waals surface area contributed by atoms with Crippen LogP contribution in [-0.2, 0) is 20.2 Å². The standard InChI is InChI=1S/C17H26N2O3S/c1-17(2,15-6-4-3-5-7-15)12-16(20)19-10-8-14(9-11-19)13-23(18,21)22/h3-7,14H,8-13H2,1-2H3,(H2,18,21,22). The van der Waals surface area contributed by atoms with E-state index in [-0.39, 0.29) is 23.0 Å². The number of benzene rings is 1. The van der Waals surface area contributed by atoms with E-state index in [4.69, 9.17) is 5.14 Å². The summed E-state index contributed by atoms with van der Waals surface area (Å²) in [5.41, 5.74) is 0.938. The highest BCUT2D eigenvalue weighted by atomic mass is 32.2. The number of sulfonamides is 1. The zero-order valence-electron chi connectivity index (χ0n) is 13.9. The van der Waals surface area contributed by atoms with E-state index in [0.29, 0.717) is 32.4 Å². The summed E-state index contributed by atoms with van der Waals surface area (Å²) in [5.74, 6) is 0.217. The third-order valence-electron chi connectivity index (χ3n) is 4.58. The summed E-state index contributed by atoms with van der Waals surface area (Å²) in [4.78, 5) is 14.4. The molecule has 1 aliphatic heterocycles. The molecule has 1 aliphatic rings. The molecule has 0 radical (unpaired) electrons. The zero-order chi connectivity index (χ0) is 17.1. The molecule has 0 aromatic heterocycles. The van der Waals surface area contributed by atoms with E-state index in [0.717, 1.165) is 5.56 Å². The number of hydrogen-bond acceptors (Lipinski definition) is 3. The topological polar surface area (TPSA) is 80.5 Å². The summed E-state index contributed by atoms with van der Waals surface area (Å²) in [6, 6.07) is 10.0. The van der Waals surface area contributed by atoms with Crippen LogP contribution in [0, 0.1) is 5.92 Å². The molecule has 128 valence electrons. The van der Waals surface area contributed by atoms with Crippen LogP contribution in [-0.4, -0.2) is 38.1 Å². The summed E-state index contributed by atoms with van der Waals surface area (Å²) in [6.07, 6.45) is 1.86. The minimum Gasteiger partial charge on any atom is -0.343 e. The number of piperidine rings is 1. The summed E-state index contributed by atoms with van der Waals surface area (Å²) in [7, 11) is -3.43. The molecule has 2 N–H and O–H groups in total. The van der Waals surface area contributed by atoms with E-state index in [9.17, 15) is 13.2 Å². The van der Waals surface area contributed by atoms with Gasteiger partial charge in [0.2, 0.25) is 15.9 Å². The van der Waals surface area contributed by atoms with Gasteiger partial charge in [0.05, 0.1) is 5.75 Å². The number of hydrogen-bond donors (Lipinski definition) is 1. The predicted octanol–water partition coefficient (Wildman–Crippen LogP) is 1.88. The quantitative estimate of drug-likeness (QED) is 0.890. The highest BCUT2D eigenvalue weighted by Gasteiger charge is 2.30. The second kappa shape index (κ2) is 7.01. The average Bonchev–Trinajstić information content (AvgIpc) is 2.47. The van der Waals surface area contributed by atoms with Gasteiger partial charge in [-0.1, -0.05) is 44.2 Å². The van der Waals surface area contributed by atoms with Crippen LogP contribution < -0.4 is 5.14 Å². The number of carbonyl (C=O) groups excluding carboxylic acids is 1. The highest BCUT2D eigenvalue weighted by molar-refractivity contribution is 7.89. The smallest absolute Gasteiger partial charge is 0.223 e. The summed E-state index contributed by atoms with van der Waals surface area (Å²) < 4.78 is 22.3. The molecule has 0 bridgehead atoms. The zero-order valence-corrected chi connectivity index (χ0v) is 14.7. The minimum absolute atomic E-state index is 0.0184. The molecule has 0 spiro atoms. The first-order valence-corrected chi connectivity index (χ1v) is 9.73. The Bertz CT molecular complexity index is 633. The van der Waals surface area contributed by atoms with Gasteiger partial charge in [-0.25, -0.2) is 13.6 Å². The largest absolute Gasteiger partial charge is 0.343 e. The van der Waals surface area contributed by atoms with E-state index >= 15 is 0 Å². The number of nitrogens with zero attached hydrogens (tertiary/aromatic N) is 1. The first-order chi connectivity index (χ1) is 10.7. The molecule has 6 heteroatoms. The Morgan fingerprint density at radius 3 is 2.30 bits per heavy atom. The lowest BCUT2D eigenvalue weighted by Gasteiger charge is -2.34. The molecule has 0 unspecified atom stereocenters. The fourth-order valence-corrected chi connectivity index (χ4v) is 4.15. The first-order valence-electron chi connectivity index (χ1n) is 8.01. The van der Waals surface area contributed by atoms with E-state index in [1.165, 1.54) is 0 Å². The molecule has 1 aromatic carbocycles. The van der Waals surface area contributed by atoms with E-state index < -0.39 is 10.0 Å². The Balaban J connectivity index is 1.90. The van der Waals surface area contributed by atoms with Crippen molar-refractivity contribution in [3.8, 4) is 0 Å². The van der Waals surface area contributed by atoms with Gasteiger partial charge in [0.1, 0.15) is 0 Å². The lowest BCUT2D eigenvalue weighted by Crippen LogP contribution is -2.42. The van der Waals surface area contributed by atoms with Crippen molar-refractivity contribution in [2.24, 2.45) is 11.1 Å². The number of likely N-dealkylation sites (tertiary alicyclic amines) is 1. The van der Waals surface area contributed by atoms with Crippen LogP contribution in [0.15, 0.2) is 30.3 Å². The van der Waals surface area contributed by atoms with Gasteiger partial charge in [0, 0.05) is 19.5 Å². The van der Waals surface area contributed by atoms with E-state index in [1.54, 1.807) is 0 Å². The first kappa shape index (κ1) is 17.9. The van der Waals surface area contributed by atoms with Crippen LogP contribution in [0.25, 0.3) is 0 Å². The van der Waals surface area contributed by atoms with Crippen LogP contribution in [0.1, 0.15) is 38.7 Å². The van der Waals surface area contributed by atoms with Crippen molar-refractivity contribution in [2.75, 3.05) is 18.8 Å². The molecule has 2 rings (SSSR count). The van der Waals surface area contributed by atoms with Crippen molar-refractivity contribution in [1.82, 2.24) is 4.90 Å². The highest BCUT2D eigenvalue weighted by Crippen LogP contribution is 2.28. The van der Waals surface area contributed by atoms with Crippen molar-refractivity contribution >= 4 is 15.9 Å². The predicted molar refractivity (Wildman–Crippen MR) is 91.4 cm³/mol.